The predicted octanol–water partition coefficient (Wildman–Crippen LogP) is 2.71. The van der Waals surface area contributed by atoms with E-state index in [9.17, 15) is 9.18 Å². The number of benzene rings is 1. The highest BCUT2D eigenvalue weighted by Gasteiger charge is 2.13. The van der Waals surface area contributed by atoms with Crippen LogP contribution in [0.1, 0.15) is 13.8 Å². The summed E-state index contributed by atoms with van der Waals surface area (Å²) in [5.41, 5.74) is 1.35. The van der Waals surface area contributed by atoms with Gasteiger partial charge in [0.25, 0.3) is 0 Å². The van der Waals surface area contributed by atoms with E-state index in [0.717, 1.165) is 5.52 Å². The van der Waals surface area contributed by atoms with Gasteiger partial charge < -0.3 is 14.5 Å². The van der Waals surface area contributed by atoms with Gasteiger partial charge in [-0.25, -0.2) is 4.39 Å². The quantitative estimate of drug-likeness (QED) is 0.875. The van der Waals surface area contributed by atoms with E-state index in [0.29, 0.717) is 23.4 Å². The first-order valence-corrected chi connectivity index (χ1v) is 6.63. The number of imidazole rings is 1. The Labute approximate surface area is 115 Å². The molecule has 0 saturated heterocycles. The van der Waals surface area contributed by atoms with Crippen LogP contribution in [0.4, 0.5) is 4.39 Å². The molecule has 1 N–H and O–H groups in total. The second-order valence-corrected chi connectivity index (χ2v) is 4.63. The summed E-state index contributed by atoms with van der Waals surface area (Å²) in [5.74, 6) is -0.322. The van der Waals surface area contributed by atoms with Crippen LogP contribution < -0.4 is 0 Å². The summed E-state index contributed by atoms with van der Waals surface area (Å²) in [6, 6.07) is 4.37. The molecule has 1 amide bonds. The number of hydrogen-bond donors (Lipinski definition) is 1. The minimum Gasteiger partial charge on any atom is -0.342 e. The zero-order valence-corrected chi connectivity index (χ0v) is 11.8. The molecule has 0 atom stereocenters. The van der Waals surface area contributed by atoms with E-state index < -0.39 is 0 Å². The van der Waals surface area contributed by atoms with Crippen LogP contribution in [0.5, 0.6) is 0 Å². The molecule has 0 spiro atoms. The number of rotatable bonds is 4. The summed E-state index contributed by atoms with van der Waals surface area (Å²) >= 11 is 5.19. The number of carbonyl (C=O) groups is 1. The molecule has 2 rings (SSSR count). The maximum atomic E-state index is 13.1. The second kappa shape index (κ2) is 5.52. The molecule has 6 heteroatoms. The van der Waals surface area contributed by atoms with Crippen molar-refractivity contribution in [3.63, 3.8) is 0 Å². The van der Waals surface area contributed by atoms with E-state index in [1.54, 1.807) is 15.5 Å². The highest BCUT2D eigenvalue weighted by molar-refractivity contribution is 7.71. The van der Waals surface area contributed by atoms with E-state index in [-0.39, 0.29) is 18.3 Å². The zero-order chi connectivity index (χ0) is 14.0. The minimum absolute atomic E-state index is 0.00586. The first kappa shape index (κ1) is 13.7. The second-order valence-electron chi connectivity index (χ2n) is 4.24. The van der Waals surface area contributed by atoms with Crippen LogP contribution in [0.2, 0.25) is 0 Å². The fraction of sp³-hybridized carbons (Fsp3) is 0.385. The first-order chi connectivity index (χ1) is 9.06. The molecule has 0 unspecified atom stereocenters. The van der Waals surface area contributed by atoms with Gasteiger partial charge in [-0.15, -0.1) is 0 Å². The lowest BCUT2D eigenvalue weighted by molar-refractivity contribution is -0.131. The smallest absolute Gasteiger partial charge is 0.242 e. The summed E-state index contributed by atoms with van der Waals surface area (Å²) in [7, 11) is 0. The van der Waals surface area contributed by atoms with Crippen molar-refractivity contribution < 1.29 is 9.18 Å². The van der Waals surface area contributed by atoms with Gasteiger partial charge in [-0.05, 0) is 44.3 Å². The molecule has 102 valence electrons. The summed E-state index contributed by atoms with van der Waals surface area (Å²) in [4.78, 5) is 16.8. The Balaban J connectivity index is 2.38. The van der Waals surface area contributed by atoms with Crippen LogP contribution in [-0.4, -0.2) is 33.4 Å². The SMILES string of the molecule is CCN(CC)C(=O)Cn1c(=S)[nH]c2cc(F)ccc21. The molecule has 0 fully saturated rings. The number of nitrogens with one attached hydrogen (secondary N) is 1. The molecule has 0 aliphatic heterocycles. The lowest BCUT2D eigenvalue weighted by atomic mass is 10.3. The number of hydrogen-bond acceptors (Lipinski definition) is 2. The van der Waals surface area contributed by atoms with Crippen molar-refractivity contribution in [1.29, 1.82) is 0 Å². The third-order valence-electron chi connectivity index (χ3n) is 3.15. The highest BCUT2D eigenvalue weighted by Crippen LogP contribution is 2.15. The third kappa shape index (κ3) is 2.68. The van der Waals surface area contributed by atoms with Gasteiger partial charge in [-0.1, -0.05) is 0 Å². The van der Waals surface area contributed by atoms with E-state index in [1.165, 1.54) is 12.1 Å². The van der Waals surface area contributed by atoms with Gasteiger partial charge in [-0.2, -0.15) is 0 Å². The summed E-state index contributed by atoms with van der Waals surface area (Å²) in [5, 5.41) is 0. The Kier molecular flexibility index (Phi) is 3.99. The molecule has 19 heavy (non-hydrogen) atoms. The Morgan fingerprint density at radius 3 is 2.74 bits per heavy atom. The molecule has 4 nitrogen and oxygen atoms in total. The van der Waals surface area contributed by atoms with E-state index in [1.807, 2.05) is 13.8 Å². The normalized spacial score (nSPS) is 10.9. The van der Waals surface area contributed by atoms with Gasteiger partial charge >= 0.3 is 0 Å². The molecule has 2 aromatic rings. The molecule has 0 saturated carbocycles. The molecule has 1 heterocycles. The lowest BCUT2D eigenvalue weighted by Gasteiger charge is -2.18. The lowest BCUT2D eigenvalue weighted by Crippen LogP contribution is -2.33. The molecule has 1 aromatic carbocycles. The van der Waals surface area contributed by atoms with Crippen LogP contribution in [0, 0.1) is 10.6 Å². The Hall–Kier alpha value is -1.69. The molecule has 0 aliphatic carbocycles. The summed E-state index contributed by atoms with van der Waals surface area (Å²) < 4.78 is 15.3. The summed E-state index contributed by atoms with van der Waals surface area (Å²) in [6.45, 7) is 5.38. The fourth-order valence-electron chi connectivity index (χ4n) is 2.10. The largest absolute Gasteiger partial charge is 0.342 e. The first-order valence-electron chi connectivity index (χ1n) is 6.22. The topological polar surface area (TPSA) is 41.0 Å². The van der Waals surface area contributed by atoms with Crippen LogP contribution in [0.25, 0.3) is 11.0 Å². The Bertz CT molecular complexity index is 657. The maximum absolute atomic E-state index is 13.1. The van der Waals surface area contributed by atoms with Crippen molar-refractivity contribution in [2.24, 2.45) is 0 Å². The number of aromatic amines is 1. The van der Waals surface area contributed by atoms with Gasteiger partial charge in [0.2, 0.25) is 5.91 Å². The van der Waals surface area contributed by atoms with Crippen molar-refractivity contribution in [1.82, 2.24) is 14.5 Å². The van der Waals surface area contributed by atoms with Crippen molar-refractivity contribution in [2.45, 2.75) is 20.4 Å². The highest BCUT2D eigenvalue weighted by atomic mass is 32.1. The van der Waals surface area contributed by atoms with Gasteiger partial charge in [0, 0.05) is 13.1 Å². The number of aromatic nitrogens is 2. The number of likely N-dealkylation sites (N-methyl/N-ethyl adjacent to an activating group) is 1. The predicted molar refractivity (Wildman–Crippen MR) is 75.0 cm³/mol. The number of fused-ring (bicyclic) bond motifs is 1. The third-order valence-corrected chi connectivity index (χ3v) is 3.47. The number of halogens is 1. The van der Waals surface area contributed by atoms with Crippen molar-refractivity contribution >= 4 is 29.2 Å². The van der Waals surface area contributed by atoms with Gasteiger partial charge in [0.15, 0.2) is 4.77 Å². The number of H-pyrrole nitrogens is 1. The molecular formula is C13H16FN3OS. The minimum atomic E-state index is -0.328. The number of amides is 1. The van der Waals surface area contributed by atoms with Gasteiger partial charge in [-0.3, -0.25) is 4.79 Å². The van der Waals surface area contributed by atoms with E-state index >= 15 is 0 Å². The maximum Gasteiger partial charge on any atom is 0.242 e. The number of carbonyl (C=O) groups excluding carboxylic acids is 1. The fourth-order valence-corrected chi connectivity index (χ4v) is 2.38. The van der Waals surface area contributed by atoms with Crippen molar-refractivity contribution in [2.75, 3.05) is 13.1 Å². The number of nitrogens with zero attached hydrogens (tertiary/aromatic N) is 2. The average molecular weight is 281 g/mol. The van der Waals surface area contributed by atoms with Gasteiger partial charge in [0.1, 0.15) is 12.4 Å². The molecule has 1 aromatic heterocycles. The van der Waals surface area contributed by atoms with Crippen LogP contribution in [0.15, 0.2) is 18.2 Å². The molecule has 0 bridgehead atoms. The van der Waals surface area contributed by atoms with E-state index in [4.69, 9.17) is 12.2 Å². The zero-order valence-electron chi connectivity index (χ0n) is 10.9. The summed E-state index contributed by atoms with van der Waals surface area (Å²) in [6.07, 6.45) is 0. The van der Waals surface area contributed by atoms with Gasteiger partial charge in [0.05, 0.1) is 11.0 Å². The van der Waals surface area contributed by atoms with E-state index in [2.05, 4.69) is 4.98 Å². The standard InChI is InChI=1S/C13H16FN3OS/c1-3-16(4-2)12(18)8-17-11-6-5-9(14)7-10(11)15-13(17)19/h5-7H,3-4,8H2,1-2H3,(H,15,19). The average Bonchev–Trinajstić information content (AvgIpc) is 2.66. The van der Waals surface area contributed by atoms with Crippen molar-refractivity contribution in [3.05, 3.63) is 28.8 Å². The molecule has 0 aliphatic rings. The van der Waals surface area contributed by atoms with Crippen LogP contribution >= 0.6 is 12.2 Å². The molecule has 0 radical (unpaired) electrons. The van der Waals surface area contributed by atoms with Crippen molar-refractivity contribution in [3.8, 4) is 0 Å². The Morgan fingerprint density at radius 2 is 2.11 bits per heavy atom. The molecular weight excluding hydrogens is 265 g/mol. The monoisotopic (exact) mass is 281 g/mol. The Morgan fingerprint density at radius 1 is 1.42 bits per heavy atom. The van der Waals surface area contributed by atoms with Crippen LogP contribution in [0.3, 0.4) is 0 Å². The van der Waals surface area contributed by atoms with Crippen LogP contribution in [-0.2, 0) is 11.3 Å².